The van der Waals surface area contributed by atoms with Crippen molar-refractivity contribution in [2.24, 2.45) is 0 Å². The molecule has 1 aromatic carbocycles. The molecule has 1 amide bonds. The average Bonchev–Trinajstić information content (AvgIpc) is 2.32. The second kappa shape index (κ2) is 6.70. The maximum atomic E-state index is 11.9. The number of carbonyl (C=O) groups is 1. The van der Waals surface area contributed by atoms with Crippen molar-refractivity contribution < 1.29 is 4.79 Å². The van der Waals surface area contributed by atoms with Crippen LogP contribution in [0.25, 0.3) is 0 Å². The number of benzene rings is 1. The summed E-state index contributed by atoms with van der Waals surface area (Å²) in [5, 5.41) is 11.3. The number of aryl methyl sites for hydroxylation is 2. The second-order valence-corrected chi connectivity index (χ2v) is 4.19. The molecule has 0 saturated carbocycles. The fraction of sp³-hybridized carbons (Fsp3) is 0.429. The highest BCUT2D eigenvalue weighted by atomic mass is 16.1. The molecule has 1 N–H and O–H groups in total. The monoisotopic (exact) mass is 230 g/mol. The highest BCUT2D eigenvalue weighted by Crippen LogP contribution is 2.10. The van der Waals surface area contributed by atoms with E-state index in [4.69, 9.17) is 5.26 Å². The van der Waals surface area contributed by atoms with Gasteiger partial charge in [-0.3, -0.25) is 4.79 Å². The molecule has 0 fully saturated rings. The van der Waals surface area contributed by atoms with E-state index in [1.54, 1.807) is 0 Å². The normalized spacial score (nSPS) is 9.71. The maximum Gasteiger partial charge on any atom is 0.251 e. The van der Waals surface area contributed by atoms with Gasteiger partial charge in [0.1, 0.15) is 0 Å². The quantitative estimate of drug-likeness (QED) is 0.791. The summed E-state index contributed by atoms with van der Waals surface area (Å²) in [5.74, 6) is -0.0249. The minimum absolute atomic E-state index is 0.0249. The molecule has 0 spiro atoms. The molecule has 3 nitrogen and oxygen atoms in total. The minimum Gasteiger partial charge on any atom is -0.352 e. The first-order valence-electron chi connectivity index (χ1n) is 5.87. The van der Waals surface area contributed by atoms with Crippen LogP contribution in [0.2, 0.25) is 0 Å². The molecule has 0 heterocycles. The first kappa shape index (κ1) is 13.2. The third-order valence-corrected chi connectivity index (χ3v) is 2.64. The van der Waals surface area contributed by atoms with Crippen molar-refractivity contribution in [2.75, 3.05) is 6.54 Å². The molecule has 0 aliphatic carbocycles. The van der Waals surface area contributed by atoms with E-state index in [2.05, 4.69) is 11.4 Å². The lowest BCUT2D eigenvalue weighted by Crippen LogP contribution is -2.25. The Morgan fingerprint density at radius 2 is 2.12 bits per heavy atom. The molecule has 0 bridgehead atoms. The molecule has 0 aromatic heterocycles. The summed E-state index contributed by atoms with van der Waals surface area (Å²) in [7, 11) is 0. The summed E-state index contributed by atoms with van der Waals surface area (Å²) in [6.45, 7) is 4.54. The maximum absolute atomic E-state index is 11.9. The van der Waals surface area contributed by atoms with Gasteiger partial charge in [0, 0.05) is 18.5 Å². The SMILES string of the molecule is Cc1ccc(C)c(C(=O)NCCCCC#N)c1. The van der Waals surface area contributed by atoms with Crippen LogP contribution in [0, 0.1) is 25.2 Å². The van der Waals surface area contributed by atoms with Gasteiger partial charge in [0.05, 0.1) is 6.07 Å². The zero-order valence-electron chi connectivity index (χ0n) is 10.4. The van der Waals surface area contributed by atoms with Crippen LogP contribution in [-0.4, -0.2) is 12.5 Å². The standard InChI is InChI=1S/C14H18N2O/c1-11-6-7-12(2)13(10-11)14(17)16-9-5-3-4-8-15/h6-7,10H,3-5,9H2,1-2H3,(H,16,17). The molecule has 0 aliphatic rings. The number of amides is 1. The number of hydrogen-bond acceptors (Lipinski definition) is 2. The first-order valence-corrected chi connectivity index (χ1v) is 5.87. The molecular formula is C14H18N2O. The fourth-order valence-electron chi connectivity index (χ4n) is 1.61. The average molecular weight is 230 g/mol. The molecule has 1 rings (SSSR count). The van der Waals surface area contributed by atoms with Gasteiger partial charge in [-0.2, -0.15) is 5.26 Å². The molecule has 1 aromatic rings. The fourth-order valence-corrected chi connectivity index (χ4v) is 1.61. The van der Waals surface area contributed by atoms with E-state index >= 15 is 0 Å². The van der Waals surface area contributed by atoms with Gasteiger partial charge in [0.15, 0.2) is 0 Å². The van der Waals surface area contributed by atoms with E-state index < -0.39 is 0 Å². The van der Waals surface area contributed by atoms with Gasteiger partial charge < -0.3 is 5.32 Å². The third-order valence-electron chi connectivity index (χ3n) is 2.64. The van der Waals surface area contributed by atoms with Gasteiger partial charge in [-0.05, 0) is 38.3 Å². The molecule has 0 aliphatic heterocycles. The Bertz CT molecular complexity index is 432. The summed E-state index contributed by atoms with van der Waals surface area (Å²) in [4.78, 5) is 11.9. The second-order valence-electron chi connectivity index (χ2n) is 4.19. The van der Waals surface area contributed by atoms with Crippen molar-refractivity contribution in [2.45, 2.75) is 33.1 Å². The predicted octanol–water partition coefficient (Wildman–Crippen LogP) is 2.73. The molecule has 0 saturated heterocycles. The Labute approximate surface area is 102 Å². The number of unbranched alkanes of at least 4 members (excludes halogenated alkanes) is 2. The van der Waals surface area contributed by atoms with Crippen molar-refractivity contribution in [3.05, 3.63) is 34.9 Å². The molecule has 0 atom stereocenters. The highest BCUT2D eigenvalue weighted by Gasteiger charge is 2.07. The lowest BCUT2D eigenvalue weighted by atomic mass is 10.1. The van der Waals surface area contributed by atoms with Crippen LogP contribution in [0.15, 0.2) is 18.2 Å². The lowest BCUT2D eigenvalue weighted by molar-refractivity contribution is 0.0952. The summed E-state index contributed by atoms with van der Waals surface area (Å²) in [6.07, 6.45) is 2.24. The number of hydrogen-bond donors (Lipinski definition) is 1. The molecule has 90 valence electrons. The largest absolute Gasteiger partial charge is 0.352 e. The Kier molecular flexibility index (Phi) is 5.22. The van der Waals surface area contributed by atoms with Gasteiger partial charge in [-0.1, -0.05) is 17.7 Å². The van der Waals surface area contributed by atoms with E-state index in [-0.39, 0.29) is 5.91 Å². The smallest absolute Gasteiger partial charge is 0.251 e. The van der Waals surface area contributed by atoms with E-state index in [1.807, 2.05) is 32.0 Å². The molecule has 0 unspecified atom stereocenters. The van der Waals surface area contributed by atoms with Crippen LogP contribution in [-0.2, 0) is 0 Å². The third kappa shape index (κ3) is 4.28. The number of nitriles is 1. The zero-order chi connectivity index (χ0) is 12.7. The summed E-state index contributed by atoms with van der Waals surface area (Å²) in [6, 6.07) is 7.95. The van der Waals surface area contributed by atoms with Crippen LogP contribution < -0.4 is 5.32 Å². The highest BCUT2D eigenvalue weighted by molar-refractivity contribution is 5.95. The van der Waals surface area contributed by atoms with Crippen molar-refractivity contribution in [3.8, 4) is 6.07 Å². The van der Waals surface area contributed by atoms with Gasteiger partial charge in [0.2, 0.25) is 0 Å². The van der Waals surface area contributed by atoms with Crippen LogP contribution in [0.4, 0.5) is 0 Å². The number of nitrogens with one attached hydrogen (secondary N) is 1. The molecule has 17 heavy (non-hydrogen) atoms. The van der Waals surface area contributed by atoms with Crippen molar-refractivity contribution in [1.82, 2.24) is 5.32 Å². The minimum atomic E-state index is -0.0249. The Balaban J connectivity index is 2.47. The van der Waals surface area contributed by atoms with Crippen molar-refractivity contribution >= 4 is 5.91 Å². The topological polar surface area (TPSA) is 52.9 Å². The van der Waals surface area contributed by atoms with Gasteiger partial charge in [0.25, 0.3) is 5.91 Å². The van der Waals surface area contributed by atoms with Crippen molar-refractivity contribution in [1.29, 1.82) is 5.26 Å². The molecule has 3 heteroatoms. The van der Waals surface area contributed by atoms with Crippen LogP contribution in [0.3, 0.4) is 0 Å². The van der Waals surface area contributed by atoms with Gasteiger partial charge in [-0.25, -0.2) is 0 Å². The first-order chi connectivity index (χ1) is 8.15. The van der Waals surface area contributed by atoms with E-state index in [0.29, 0.717) is 13.0 Å². The molecule has 0 radical (unpaired) electrons. The van der Waals surface area contributed by atoms with E-state index in [1.165, 1.54) is 0 Å². The van der Waals surface area contributed by atoms with Gasteiger partial charge in [-0.15, -0.1) is 0 Å². The number of rotatable bonds is 5. The summed E-state index contributed by atoms with van der Waals surface area (Å²) in [5.41, 5.74) is 2.82. The Morgan fingerprint density at radius 3 is 2.82 bits per heavy atom. The van der Waals surface area contributed by atoms with Crippen LogP contribution in [0.5, 0.6) is 0 Å². The zero-order valence-corrected chi connectivity index (χ0v) is 10.4. The lowest BCUT2D eigenvalue weighted by Gasteiger charge is -2.08. The number of nitrogens with zero attached hydrogens (tertiary/aromatic N) is 1. The summed E-state index contributed by atoms with van der Waals surface area (Å²) < 4.78 is 0. The van der Waals surface area contributed by atoms with Crippen LogP contribution in [0.1, 0.15) is 40.7 Å². The van der Waals surface area contributed by atoms with Gasteiger partial charge >= 0.3 is 0 Å². The Morgan fingerprint density at radius 1 is 1.35 bits per heavy atom. The van der Waals surface area contributed by atoms with E-state index in [9.17, 15) is 4.79 Å². The summed E-state index contributed by atoms with van der Waals surface area (Å²) >= 11 is 0. The van der Waals surface area contributed by atoms with Crippen LogP contribution >= 0.6 is 0 Å². The Hall–Kier alpha value is -1.82. The van der Waals surface area contributed by atoms with Crippen molar-refractivity contribution in [3.63, 3.8) is 0 Å². The van der Waals surface area contributed by atoms with E-state index in [0.717, 1.165) is 29.5 Å². The predicted molar refractivity (Wildman–Crippen MR) is 67.7 cm³/mol. The molecular weight excluding hydrogens is 212 g/mol. The number of carbonyl (C=O) groups excluding carboxylic acids is 1.